The van der Waals surface area contributed by atoms with Gasteiger partial charge < -0.3 is 0 Å². The summed E-state index contributed by atoms with van der Waals surface area (Å²) in [5, 5.41) is 0. The highest BCUT2D eigenvalue weighted by Crippen LogP contribution is 2.27. The molecule has 0 unspecified atom stereocenters. The number of ketones is 1. The topological polar surface area (TPSA) is 17.1 Å². The summed E-state index contributed by atoms with van der Waals surface area (Å²) < 4.78 is 12.9. The van der Waals surface area contributed by atoms with Crippen molar-refractivity contribution in [3.63, 3.8) is 0 Å². The average Bonchev–Trinajstić information content (AvgIpc) is 2.17. The first-order valence-electron chi connectivity index (χ1n) is 5.19. The molecule has 0 aliphatic rings. The molecule has 1 aromatic carbocycles. The van der Waals surface area contributed by atoms with Crippen LogP contribution in [0.2, 0.25) is 0 Å². The van der Waals surface area contributed by atoms with Crippen LogP contribution >= 0.6 is 0 Å². The maximum absolute atomic E-state index is 12.9. The molecular formula is C13H17FO. The van der Waals surface area contributed by atoms with Crippen molar-refractivity contribution in [1.82, 2.24) is 0 Å². The van der Waals surface area contributed by atoms with Crippen molar-refractivity contribution < 1.29 is 9.18 Å². The summed E-state index contributed by atoms with van der Waals surface area (Å²) in [5.74, 6) is -0.208. The molecule has 0 saturated heterocycles. The highest BCUT2D eigenvalue weighted by atomic mass is 19.1. The van der Waals surface area contributed by atoms with E-state index in [0.717, 1.165) is 6.42 Å². The molecular weight excluding hydrogens is 191 g/mol. The van der Waals surface area contributed by atoms with Gasteiger partial charge in [0, 0.05) is 11.0 Å². The van der Waals surface area contributed by atoms with Crippen LogP contribution in [0.3, 0.4) is 0 Å². The first-order chi connectivity index (χ1) is 6.88. The Morgan fingerprint density at radius 1 is 1.40 bits per heavy atom. The van der Waals surface area contributed by atoms with Crippen molar-refractivity contribution in [1.29, 1.82) is 0 Å². The second kappa shape index (κ2) is 4.13. The number of carbonyl (C=O) groups excluding carboxylic acids is 1. The van der Waals surface area contributed by atoms with Gasteiger partial charge in [-0.05, 0) is 37.1 Å². The smallest absolute Gasteiger partial charge is 0.168 e. The van der Waals surface area contributed by atoms with E-state index in [2.05, 4.69) is 0 Å². The number of hydrogen-bond donors (Lipinski definition) is 0. The predicted molar refractivity (Wildman–Crippen MR) is 59.5 cm³/mol. The van der Waals surface area contributed by atoms with Crippen LogP contribution in [0.25, 0.3) is 0 Å². The van der Waals surface area contributed by atoms with Gasteiger partial charge >= 0.3 is 0 Å². The van der Waals surface area contributed by atoms with Crippen molar-refractivity contribution in [3.05, 3.63) is 35.1 Å². The standard InChI is InChI=1S/C13H17FO/c1-5-13(3,4)12(15)11-7-6-10(14)8-9(11)2/h6-8H,5H2,1-4H3. The second-order valence-corrected chi connectivity index (χ2v) is 4.53. The van der Waals surface area contributed by atoms with E-state index in [1.807, 2.05) is 20.8 Å². The molecule has 0 N–H and O–H groups in total. The Hall–Kier alpha value is -1.18. The van der Waals surface area contributed by atoms with E-state index in [4.69, 9.17) is 0 Å². The molecule has 0 aliphatic carbocycles. The third-order valence-corrected chi connectivity index (χ3v) is 2.93. The van der Waals surface area contributed by atoms with Crippen LogP contribution in [-0.4, -0.2) is 5.78 Å². The van der Waals surface area contributed by atoms with Gasteiger partial charge in [-0.1, -0.05) is 20.8 Å². The third-order valence-electron chi connectivity index (χ3n) is 2.93. The molecule has 1 aromatic rings. The zero-order valence-corrected chi connectivity index (χ0v) is 9.73. The first kappa shape index (κ1) is 11.9. The molecule has 1 rings (SSSR count). The minimum absolute atomic E-state index is 0.0856. The molecule has 0 aromatic heterocycles. The Bertz CT molecular complexity index is 380. The molecule has 15 heavy (non-hydrogen) atoms. The third kappa shape index (κ3) is 2.44. The van der Waals surface area contributed by atoms with Gasteiger partial charge in [0.25, 0.3) is 0 Å². The summed E-state index contributed by atoms with van der Waals surface area (Å²) in [6, 6.07) is 4.31. The highest BCUT2D eigenvalue weighted by Gasteiger charge is 2.27. The Kier molecular flexibility index (Phi) is 3.28. The molecule has 0 bridgehead atoms. The lowest BCUT2D eigenvalue weighted by Gasteiger charge is -2.21. The first-order valence-corrected chi connectivity index (χ1v) is 5.19. The SMILES string of the molecule is CCC(C)(C)C(=O)c1ccc(F)cc1C. The maximum Gasteiger partial charge on any atom is 0.168 e. The number of rotatable bonds is 3. The van der Waals surface area contributed by atoms with Gasteiger partial charge in [-0.15, -0.1) is 0 Å². The monoisotopic (exact) mass is 208 g/mol. The van der Waals surface area contributed by atoms with Crippen molar-refractivity contribution in [2.75, 3.05) is 0 Å². The van der Waals surface area contributed by atoms with Crippen LogP contribution in [-0.2, 0) is 0 Å². The van der Waals surface area contributed by atoms with E-state index in [1.165, 1.54) is 12.1 Å². The van der Waals surface area contributed by atoms with Gasteiger partial charge in [0.15, 0.2) is 5.78 Å². The van der Waals surface area contributed by atoms with Crippen LogP contribution in [0.1, 0.15) is 43.1 Å². The Labute approximate surface area is 90.3 Å². The summed E-state index contributed by atoms with van der Waals surface area (Å²) in [6.07, 6.45) is 0.780. The van der Waals surface area contributed by atoms with Gasteiger partial charge in [0.2, 0.25) is 0 Å². The summed E-state index contributed by atoms with van der Waals surface area (Å²) in [7, 11) is 0. The number of hydrogen-bond acceptors (Lipinski definition) is 1. The molecule has 0 spiro atoms. The van der Waals surface area contributed by atoms with Crippen molar-refractivity contribution in [2.45, 2.75) is 34.1 Å². The van der Waals surface area contributed by atoms with Gasteiger partial charge in [-0.3, -0.25) is 4.79 Å². The van der Waals surface area contributed by atoms with Gasteiger partial charge in [-0.2, -0.15) is 0 Å². The van der Waals surface area contributed by atoms with E-state index in [1.54, 1.807) is 13.0 Å². The predicted octanol–water partition coefficient (Wildman–Crippen LogP) is 3.75. The van der Waals surface area contributed by atoms with Gasteiger partial charge in [0.1, 0.15) is 5.82 Å². The molecule has 0 fully saturated rings. The van der Waals surface area contributed by atoms with Crippen LogP contribution in [0, 0.1) is 18.2 Å². The fraction of sp³-hybridized carbons (Fsp3) is 0.462. The average molecular weight is 208 g/mol. The number of halogens is 1. The number of benzene rings is 1. The van der Waals surface area contributed by atoms with E-state index < -0.39 is 0 Å². The second-order valence-electron chi connectivity index (χ2n) is 4.53. The molecule has 0 radical (unpaired) electrons. The summed E-state index contributed by atoms with van der Waals surface area (Å²) >= 11 is 0. The van der Waals surface area contributed by atoms with Crippen LogP contribution in [0.15, 0.2) is 18.2 Å². The minimum atomic E-state index is -0.372. The van der Waals surface area contributed by atoms with Crippen molar-refractivity contribution in [2.24, 2.45) is 5.41 Å². The molecule has 0 saturated carbocycles. The van der Waals surface area contributed by atoms with Crippen molar-refractivity contribution in [3.8, 4) is 0 Å². The van der Waals surface area contributed by atoms with Gasteiger partial charge in [0.05, 0.1) is 0 Å². The van der Waals surface area contributed by atoms with E-state index >= 15 is 0 Å². The molecule has 1 nitrogen and oxygen atoms in total. The Balaban J connectivity index is 3.12. The van der Waals surface area contributed by atoms with Crippen molar-refractivity contribution >= 4 is 5.78 Å². The number of aryl methyl sites for hydroxylation is 1. The fourth-order valence-electron chi connectivity index (χ4n) is 1.41. The highest BCUT2D eigenvalue weighted by molar-refractivity contribution is 6.01. The molecule has 0 heterocycles. The lowest BCUT2D eigenvalue weighted by atomic mass is 9.81. The molecule has 0 amide bonds. The summed E-state index contributed by atoms with van der Waals surface area (Å²) in [4.78, 5) is 12.1. The normalized spacial score (nSPS) is 11.5. The Morgan fingerprint density at radius 3 is 2.47 bits per heavy atom. The maximum atomic E-state index is 12.9. The lowest BCUT2D eigenvalue weighted by molar-refractivity contribution is 0.0832. The molecule has 0 atom stereocenters. The molecule has 0 aliphatic heterocycles. The van der Waals surface area contributed by atoms with Crippen LogP contribution in [0.4, 0.5) is 4.39 Å². The minimum Gasteiger partial charge on any atom is -0.294 e. The fourth-order valence-corrected chi connectivity index (χ4v) is 1.41. The molecule has 82 valence electrons. The number of carbonyl (C=O) groups is 1. The zero-order valence-electron chi connectivity index (χ0n) is 9.73. The van der Waals surface area contributed by atoms with E-state index in [9.17, 15) is 9.18 Å². The number of Topliss-reactive ketones (excluding diaryl/α,β-unsaturated/α-hetero) is 1. The lowest BCUT2D eigenvalue weighted by Crippen LogP contribution is -2.24. The summed E-state index contributed by atoms with van der Waals surface area (Å²) in [6.45, 7) is 7.58. The zero-order chi connectivity index (χ0) is 11.6. The summed E-state index contributed by atoms with van der Waals surface area (Å²) in [5.41, 5.74) is 0.965. The Morgan fingerprint density at radius 2 is 2.00 bits per heavy atom. The quantitative estimate of drug-likeness (QED) is 0.691. The van der Waals surface area contributed by atoms with Gasteiger partial charge in [-0.25, -0.2) is 4.39 Å². The van der Waals surface area contributed by atoms with Crippen LogP contribution < -0.4 is 0 Å². The van der Waals surface area contributed by atoms with E-state index in [0.29, 0.717) is 11.1 Å². The van der Waals surface area contributed by atoms with E-state index in [-0.39, 0.29) is 17.0 Å². The molecule has 2 heteroatoms. The van der Waals surface area contributed by atoms with Crippen LogP contribution in [0.5, 0.6) is 0 Å². The largest absolute Gasteiger partial charge is 0.294 e.